The second kappa shape index (κ2) is 9.66. The number of pyridine rings is 2. The first-order chi connectivity index (χ1) is 16.6. The Balaban J connectivity index is 1.50. The average molecular weight is 491 g/mol. The lowest BCUT2D eigenvalue weighted by atomic mass is 10.2. The molecular formula is C24H19ClN6O2S. The quantitative estimate of drug-likeness (QED) is 0.306. The van der Waals surface area contributed by atoms with Gasteiger partial charge in [-0.15, -0.1) is 10.2 Å². The van der Waals surface area contributed by atoms with Gasteiger partial charge < -0.3 is 4.74 Å². The van der Waals surface area contributed by atoms with Gasteiger partial charge in [-0.1, -0.05) is 23.4 Å². The molecule has 0 radical (unpaired) electrons. The summed E-state index contributed by atoms with van der Waals surface area (Å²) in [7, 11) is 0. The molecule has 5 rings (SSSR count). The van der Waals surface area contributed by atoms with Gasteiger partial charge in [0, 0.05) is 41.7 Å². The summed E-state index contributed by atoms with van der Waals surface area (Å²) in [4.78, 5) is 21.3. The normalized spacial score (nSPS) is 11.1. The fourth-order valence-corrected chi connectivity index (χ4v) is 4.48. The Bertz CT molecular complexity index is 1500. The third-order valence-corrected chi connectivity index (χ3v) is 6.17. The van der Waals surface area contributed by atoms with Crippen LogP contribution in [0, 0.1) is 0 Å². The first kappa shape index (κ1) is 22.1. The first-order valence-corrected chi connectivity index (χ1v) is 11.9. The molecule has 8 nitrogen and oxygen atoms in total. The van der Waals surface area contributed by atoms with Crippen LogP contribution in [0.25, 0.3) is 22.7 Å². The molecule has 0 spiro atoms. The summed E-state index contributed by atoms with van der Waals surface area (Å²) in [5, 5.41) is 10.0. The molecule has 10 heteroatoms. The van der Waals surface area contributed by atoms with Crippen LogP contribution in [0.4, 0.5) is 0 Å². The zero-order chi connectivity index (χ0) is 23.5. The molecule has 0 saturated carbocycles. The Morgan fingerprint density at radius 3 is 2.71 bits per heavy atom. The summed E-state index contributed by atoms with van der Waals surface area (Å²) in [5.74, 6) is 1.90. The molecule has 34 heavy (non-hydrogen) atoms. The predicted octanol–water partition coefficient (Wildman–Crippen LogP) is 4.68. The van der Waals surface area contributed by atoms with E-state index in [0.29, 0.717) is 39.7 Å². The molecule has 4 aromatic heterocycles. The highest BCUT2D eigenvalue weighted by Gasteiger charge is 2.17. The standard InChI is InChI=1S/C24H19ClN6O2S/c1-2-33-20-8-6-19(7-9-20)31-23(16-4-3-11-26-13-16)28-29-24(31)34-15-18-12-22(32)30-14-17(25)5-10-21(30)27-18/h3-14H,2,15H2,1H3. The van der Waals surface area contributed by atoms with E-state index >= 15 is 0 Å². The van der Waals surface area contributed by atoms with Crippen LogP contribution in [-0.2, 0) is 5.75 Å². The van der Waals surface area contributed by atoms with Gasteiger partial charge in [-0.05, 0) is 55.5 Å². The number of rotatable bonds is 7. The van der Waals surface area contributed by atoms with E-state index in [0.717, 1.165) is 17.0 Å². The molecule has 0 fully saturated rings. The van der Waals surface area contributed by atoms with E-state index in [2.05, 4.69) is 20.2 Å². The molecular weight excluding hydrogens is 472 g/mol. The Morgan fingerprint density at radius 2 is 1.94 bits per heavy atom. The molecule has 1 aromatic carbocycles. The van der Waals surface area contributed by atoms with Crippen molar-refractivity contribution in [3.63, 3.8) is 0 Å². The van der Waals surface area contributed by atoms with E-state index in [4.69, 9.17) is 16.3 Å². The minimum Gasteiger partial charge on any atom is -0.494 e. The van der Waals surface area contributed by atoms with E-state index in [9.17, 15) is 4.79 Å². The fraction of sp³-hybridized carbons (Fsp3) is 0.125. The number of aromatic nitrogens is 6. The maximum Gasteiger partial charge on any atom is 0.258 e. The number of thioether (sulfide) groups is 1. The van der Waals surface area contributed by atoms with Gasteiger partial charge >= 0.3 is 0 Å². The fourth-order valence-electron chi connectivity index (χ4n) is 3.47. The number of halogens is 1. The van der Waals surface area contributed by atoms with Gasteiger partial charge in [0.15, 0.2) is 11.0 Å². The van der Waals surface area contributed by atoms with E-state index in [1.165, 1.54) is 22.2 Å². The number of hydrogen-bond donors (Lipinski definition) is 0. The van der Waals surface area contributed by atoms with E-state index < -0.39 is 0 Å². The van der Waals surface area contributed by atoms with Crippen LogP contribution in [0.1, 0.15) is 12.6 Å². The summed E-state index contributed by atoms with van der Waals surface area (Å²) in [6, 6.07) is 16.5. The van der Waals surface area contributed by atoms with Crippen molar-refractivity contribution in [2.24, 2.45) is 0 Å². The molecule has 4 heterocycles. The summed E-state index contributed by atoms with van der Waals surface area (Å²) in [5.41, 5.74) is 2.72. The number of ether oxygens (including phenoxy) is 1. The van der Waals surface area contributed by atoms with Crippen molar-refractivity contribution in [3.05, 3.63) is 94.3 Å². The monoisotopic (exact) mass is 490 g/mol. The maximum atomic E-state index is 12.5. The lowest BCUT2D eigenvalue weighted by Gasteiger charge is -2.11. The van der Waals surface area contributed by atoms with Crippen molar-refractivity contribution >= 4 is 29.0 Å². The summed E-state index contributed by atoms with van der Waals surface area (Å²) < 4.78 is 8.97. The van der Waals surface area contributed by atoms with Gasteiger partial charge in [0.05, 0.1) is 17.3 Å². The van der Waals surface area contributed by atoms with Crippen LogP contribution >= 0.6 is 23.4 Å². The number of nitrogens with zero attached hydrogens (tertiary/aromatic N) is 6. The third kappa shape index (κ3) is 4.52. The Kier molecular flexibility index (Phi) is 6.29. The van der Waals surface area contributed by atoms with Crippen LogP contribution in [0.2, 0.25) is 5.02 Å². The van der Waals surface area contributed by atoms with Crippen molar-refractivity contribution in [2.75, 3.05) is 6.61 Å². The Hall–Kier alpha value is -3.69. The largest absolute Gasteiger partial charge is 0.494 e. The number of benzene rings is 1. The van der Waals surface area contributed by atoms with Gasteiger partial charge in [0.2, 0.25) is 0 Å². The highest BCUT2D eigenvalue weighted by molar-refractivity contribution is 7.98. The Morgan fingerprint density at radius 1 is 1.09 bits per heavy atom. The summed E-state index contributed by atoms with van der Waals surface area (Å²) in [6.07, 6.45) is 5.03. The van der Waals surface area contributed by atoms with Crippen LogP contribution in [0.15, 0.2) is 83.1 Å². The van der Waals surface area contributed by atoms with Crippen molar-refractivity contribution in [3.8, 4) is 22.8 Å². The van der Waals surface area contributed by atoms with E-state index in [-0.39, 0.29) is 5.56 Å². The minimum absolute atomic E-state index is 0.188. The summed E-state index contributed by atoms with van der Waals surface area (Å²) in [6.45, 7) is 2.54. The third-order valence-electron chi connectivity index (χ3n) is 4.98. The van der Waals surface area contributed by atoms with Gasteiger partial charge in [-0.2, -0.15) is 0 Å². The maximum absolute atomic E-state index is 12.5. The molecule has 0 aliphatic carbocycles. The van der Waals surface area contributed by atoms with Crippen molar-refractivity contribution in [1.82, 2.24) is 29.1 Å². The van der Waals surface area contributed by atoms with E-state index in [1.54, 1.807) is 30.7 Å². The lowest BCUT2D eigenvalue weighted by Crippen LogP contribution is -2.15. The van der Waals surface area contributed by atoms with Crippen molar-refractivity contribution in [2.45, 2.75) is 17.8 Å². The van der Waals surface area contributed by atoms with Crippen LogP contribution in [-0.4, -0.2) is 35.7 Å². The molecule has 0 unspecified atom stereocenters. The summed E-state index contributed by atoms with van der Waals surface area (Å²) >= 11 is 7.45. The zero-order valence-electron chi connectivity index (χ0n) is 18.1. The topological polar surface area (TPSA) is 87.2 Å². The average Bonchev–Trinajstić information content (AvgIpc) is 3.28. The van der Waals surface area contributed by atoms with Crippen molar-refractivity contribution < 1.29 is 4.74 Å². The first-order valence-electron chi connectivity index (χ1n) is 10.5. The SMILES string of the molecule is CCOc1ccc(-n2c(SCc3cc(=O)n4cc(Cl)ccc4n3)nnc2-c2cccnc2)cc1. The zero-order valence-corrected chi connectivity index (χ0v) is 19.7. The van der Waals surface area contributed by atoms with Gasteiger partial charge in [-0.25, -0.2) is 4.98 Å². The van der Waals surface area contributed by atoms with Gasteiger partial charge in [0.25, 0.3) is 5.56 Å². The van der Waals surface area contributed by atoms with Crippen molar-refractivity contribution in [1.29, 1.82) is 0 Å². The molecule has 0 saturated heterocycles. The lowest BCUT2D eigenvalue weighted by molar-refractivity contribution is 0.340. The second-order valence-corrected chi connectivity index (χ2v) is 8.64. The van der Waals surface area contributed by atoms with Crippen LogP contribution in [0.5, 0.6) is 5.75 Å². The second-order valence-electron chi connectivity index (χ2n) is 7.26. The van der Waals surface area contributed by atoms with E-state index in [1.807, 2.05) is 47.9 Å². The Labute approximate surface area is 204 Å². The molecule has 0 N–H and O–H groups in total. The predicted molar refractivity (Wildman–Crippen MR) is 132 cm³/mol. The molecule has 0 aliphatic heterocycles. The van der Waals surface area contributed by atoms with Gasteiger partial charge in [0.1, 0.15) is 11.4 Å². The molecule has 0 bridgehead atoms. The molecule has 0 atom stereocenters. The van der Waals surface area contributed by atoms with Gasteiger partial charge in [-0.3, -0.25) is 18.7 Å². The highest BCUT2D eigenvalue weighted by atomic mass is 35.5. The number of hydrogen-bond acceptors (Lipinski definition) is 7. The number of fused-ring (bicyclic) bond motifs is 1. The highest BCUT2D eigenvalue weighted by Crippen LogP contribution is 2.30. The minimum atomic E-state index is -0.188. The van der Waals surface area contributed by atoms with Crippen LogP contribution < -0.4 is 10.3 Å². The van der Waals surface area contributed by atoms with Crippen LogP contribution in [0.3, 0.4) is 0 Å². The molecule has 0 aliphatic rings. The smallest absolute Gasteiger partial charge is 0.258 e. The molecule has 170 valence electrons. The molecule has 5 aromatic rings. The molecule has 0 amide bonds.